The molecule has 25 heavy (non-hydrogen) atoms. The number of thioether (sulfide) groups is 1. The molecule has 2 aromatic rings. The van der Waals surface area contributed by atoms with E-state index in [-0.39, 0.29) is 22.4 Å². The minimum atomic E-state index is -4.31. The lowest BCUT2D eigenvalue weighted by molar-refractivity contribution is -0.0328. The van der Waals surface area contributed by atoms with Crippen LogP contribution in [0.4, 0.5) is 13.2 Å². The maximum Gasteiger partial charge on any atom is 0.446 e. The first kappa shape index (κ1) is 18.1. The van der Waals surface area contributed by atoms with Crippen molar-refractivity contribution in [1.29, 1.82) is 0 Å². The first-order chi connectivity index (χ1) is 11.8. The molecule has 2 nitrogen and oxygen atoms in total. The van der Waals surface area contributed by atoms with Gasteiger partial charge >= 0.3 is 5.51 Å². The van der Waals surface area contributed by atoms with Crippen LogP contribution in [-0.4, -0.2) is 18.4 Å². The summed E-state index contributed by atoms with van der Waals surface area (Å²) in [6.07, 6.45) is 2.20. The second-order valence-electron chi connectivity index (χ2n) is 5.44. The number of methoxy groups -OCH3 is 1. The molecule has 3 rings (SSSR count). The van der Waals surface area contributed by atoms with Crippen LogP contribution in [0, 0.1) is 0 Å². The Hall–Kier alpha value is -1.73. The minimum Gasteiger partial charge on any atom is -0.496 e. The molecule has 0 N–H and O–H groups in total. The molecule has 0 atom stereocenters. The molecular weight excluding hydrogens is 417 g/mol. The molecule has 0 heterocycles. The highest BCUT2D eigenvalue weighted by Crippen LogP contribution is 2.38. The van der Waals surface area contributed by atoms with Crippen molar-refractivity contribution in [2.75, 3.05) is 7.11 Å². The summed E-state index contributed by atoms with van der Waals surface area (Å²) in [6.45, 7) is 0. The summed E-state index contributed by atoms with van der Waals surface area (Å²) in [5, 5.41) is 0. The summed E-state index contributed by atoms with van der Waals surface area (Å²) in [5.41, 5.74) is -1.53. The van der Waals surface area contributed by atoms with Gasteiger partial charge in [0.25, 0.3) is 0 Å². The van der Waals surface area contributed by atoms with Crippen molar-refractivity contribution in [3.8, 4) is 5.75 Å². The van der Waals surface area contributed by atoms with Crippen molar-refractivity contribution < 1.29 is 22.7 Å². The van der Waals surface area contributed by atoms with E-state index in [4.69, 9.17) is 4.74 Å². The monoisotopic (exact) mass is 428 g/mol. The van der Waals surface area contributed by atoms with Gasteiger partial charge in [0, 0.05) is 22.5 Å². The van der Waals surface area contributed by atoms with Gasteiger partial charge in [-0.05, 0) is 69.2 Å². The third kappa shape index (κ3) is 4.10. The first-order valence-corrected chi connectivity index (χ1v) is 8.85. The van der Waals surface area contributed by atoms with E-state index < -0.39 is 5.51 Å². The lowest BCUT2D eigenvalue weighted by Crippen LogP contribution is -1.98. The number of Topliss-reactive ketones (excluding diaryl/α,β-unsaturated/α-hetero) is 1. The maximum absolute atomic E-state index is 12.5. The van der Waals surface area contributed by atoms with Gasteiger partial charge in [-0.25, -0.2) is 0 Å². The molecular formula is C18H12BrF3O2S. The molecule has 7 heteroatoms. The normalized spacial score (nSPS) is 15.6. The number of halogens is 4. The second kappa shape index (κ2) is 6.88. The third-order valence-corrected chi connectivity index (χ3v) is 5.11. The van der Waals surface area contributed by atoms with Gasteiger partial charge in [-0.15, -0.1) is 0 Å². The minimum absolute atomic E-state index is 0.0884. The SMILES string of the molecule is COc1cc2c(cc1Br)CC(=Cc1ccc(SC(F)(F)F)cc1)C2=O. The van der Waals surface area contributed by atoms with Gasteiger partial charge in [0.2, 0.25) is 0 Å². The number of alkyl halides is 3. The zero-order chi connectivity index (χ0) is 18.2. The van der Waals surface area contributed by atoms with E-state index in [1.165, 1.54) is 19.2 Å². The fraction of sp³-hybridized carbons (Fsp3) is 0.167. The van der Waals surface area contributed by atoms with Crippen LogP contribution in [0.2, 0.25) is 0 Å². The molecule has 0 aromatic heterocycles. The van der Waals surface area contributed by atoms with E-state index >= 15 is 0 Å². The molecule has 0 spiro atoms. The van der Waals surface area contributed by atoms with Gasteiger partial charge < -0.3 is 4.74 Å². The van der Waals surface area contributed by atoms with Crippen molar-refractivity contribution in [1.82, 2.24) is 0 Å². The van der Waals surface area contributed by atoms with Gasteiger partial charge in [0.15, 0.2) is 5.78 Å². The molecule has 0 saturated heterocycles. The molecule has 0 saturated carbocycles. The summed E-state index contributed by atoms with van der Waals surface area (Å²) in [5.74, 6) is 0.497. The Bertz CT molecular complexity index is 858. The zero-order valence-corrected chi connectivity index (χ0v) is 15.4. The number of ether oxygens (including phenoxy) is 1. The van der Waals surface area contributed by atoms with E-state index in [1.807, 2.05) is 6.07 Å². The number of hydrogen-bond acceptors (Lipinski definition) is 3. The van der Waals surface area contributed by atoms with Crippen LogP contribution in [0.5, 0.6) is 5.75 Å². The smallest absolute Gasteiger partial charge is 0.446 e. The number of carbonyl (C=O) groups is 1. The van der Waals surface area contributed by atoms with Gasteiger partial charge in [-0.1, -0.05) is 12.1 Å². The fourth-order valence-electron chi connectivity index (χ4n) is 2.65. The summed E-state index contributed by atoms with van der Waals surface area (Å²) in [4.78, 5) is 12.7. The van der Waals surface area contributed by atoms with Gasteiger partial charge in [0.1, 0.15) is 5.75 Å². The first-order valence-electron chi connectivity index (χ1n) is 7.24. The van der Waals surface area contributed by atoms with Crippen LogP contribution in [-0.2, 0) is 6.42 Å². The van der Waals surface area contributed by atoms with E-state index in [1.54, 1.807) is 24.3 Å². The Morgan fingerprint density at radius 3 is 2.48 bits per heavy atom. The van der Waals surface area contributed by atoms with Crippen molar-refractivity contribution in [2.45, 2.75) is 16.8 Å². The van der Waals surface area contributed by atoms with Gasteiger partial charge in [0.05, 0.1) is 11.6 Å². The molecule has 0 radical (unpaired) electrons. The third-order valence-electron chi connectivity index (χ3n) is 3.75. The quantitative estimate of drug-likeness (QED) is 0.450. The van der Waals surface area contributed by atoms with Crippen LogP contribution < -0.4 is 4.74 Å². The standard InChI is InChI=1S/C18H12BrF3O2S/c1-24-16-9-14-11(8-15(16)19)7-12(17(14)23)6-10-2-4-13(5-3-10)25-18(20,21)22/h2-6,8-9H,7H2,1H3. The second-order valence-corrected chi connectivity index (χ2v) is 7.43. The van der Waals surface area contributed by atoms with Gasteiger partial charge in [-0.2, -0.15) is 13.2 Å². The van der Waals surface area contributed by atoms with E-state index in [0.717, 1.165) is 10.0 Å². The van der Waals surface area contributed by atoms with Crippen molar-refractivity contribution in [3.05, 3.63) is 63.1 Å². The number of carbonyl (C=O) groups excluding carboxylic acids is 1. The highest BCUT2D eigenvalue weighted by atomic mass is 79.9. The molecule has 0 aliphatic heterocycles. The van der Waals surface area contributed by atoms with Crippen molar-refractivity contribution in [3.63, 3.8) is 0 Å². The Balaban J connectivity index is 1.84. The number of hydrogen-bond donors (Lipinski definition) is 0. The van der Waals surface area contributed by atoms with Crippen molar-refractivity contribution >= 4 is 39.6 Å². The van der Waals surface area contributed by atoms with Crippen LogP contribution in [0.15, 0.2) is 51.3 Å². The molecule has 1 aliphatic carbocycles. The summed E-state index contributed by atoms with van der Waals surface area (Å²) in [7, 11) is 1.53. The lowest BCUT2D eigenvalue weighted by Gasteiger charge is -2.05. The number of allylic oxidation sites excluding steroid dienone is 1. The summed E-state index contributed by atoms with van der Waals surface area (Å²) in [6, 6.07) is 9.51. The number of rotatable bonds is 3. The molecule has 0 fully saturated rings. The van der Waals surface area contributed by atoms with E-state index in [2.05, 4.69) is 15.9 Å². The molecule has 2 aromatic carbocycles. The highest BCUT2D eigenvalue weighted by Gasteiger charge is 2.29. The predicted molar refractivity (Wildman–Crippen MR) is 95.1 cm³/mol. The molecule has 1 aliphatic rings. The van der Waals surface area contributed by atoms with E-state index in [0.29, 0.717) is 28.9 Å². The average Bonchev–Trinajstić information content (AvgIpc) is 2.82. The van der Waals surface area contributed by atoms with Crippen molar-refractivity contribution in [2.24, 2.45) is 0 Å². The van der Waals surface area contributed by atoms with Crippen LogP contribution in [0.3, 0.4) is 0 Å². The molecule has 0 unspecified atom stereocenters. The zero-order valence-electron chi connectivity index (χ0n) is 13.0. The number of fused-ring (bicyclic) bond motifs is 1. The molecule has 130 valence electrons. The Morgan fingerprint density at radius 2 is 1.88 bits per heavy atom. The number of ketones is 1. The highest BCUT2D eigenvalue weighted by molar-refractivity contribution is 9.10. The Kier molecular flexibility index (Phi) is 4.97. The predicted octanol–water partition coefficient (Wildman–Crippen LogP) is 5.89. The summed E-state index contributed by atoms with van der Waals surface area (Å²) < 4.78 is 43.1. The largest absolute Gasteiger partial charge is 0.496 e. The Labute approximate surface area is 155 Å². The number of benzene rings is 2. The topological polar surface area (TPSA) is 26.3 Å². The molecule has 0 bridgehead atoms. The van der Waals surface area contributed by atoms with Gasteiger partial charge in [-0.3, -0.25) is 4.79 Å². The molecule has 0 amide bonds. The van der Waals surface area contributed by atoms with Crippen LogP contribution >= 0.6 is 27.7 Å². The van der Waals surface area contributed by atoms with Crippen LogP contribution in [0.1, 0.15) is 21.5 Å². The summed E-state index contributed by atoms with van der Waals surface area (Å²) >= 11 is 3.24. The van der Waals surface area contributed by atoms with Crippen LogP contribution in [0.25, 0.3) is 6.08 Å². The lowest BCUT2D eigenvalue weighted by atomic mass is 10.1. The van der Waals surface area contributed by atoms with E-state index in [9.17, 15) is 18.0 Å². The average molecular weight is 429 g/mol. The Morgan fingerprint density at radius 1 is 1.20 bits per heavy atom. The fourth-order valence-corrected chi connectivity index (χ4v) is 3.74. The maximum atomic E-state index is 12.5.